The van der Waals surface area contributed by atoms with Gasteiger partial charge in [0, 0.05) is 0 Å². The minimum Gasteiger partial charge on any atom is -0.433 e. The molecular weight excluding hydrogens is 313 g/mol. The number of nitrogens with two attached hydrogens (primary N) is 1. The van der Waals surface area contributed by atoms with Crippen LogP contribution in [0.15, 0.2) is 30.3 Å². The molecule has 6 nitrogen and oxygen atoms in total. The van der Waals surface area contributed by atoms with Gasteiger partial charge in [-0.15, -0.1) is 0 Å². The van der Waals surface area contributed by atoms with Crippen LogP contribution >= 0.6 is 7.52 Å². The number of hydrogen-bond donors (Lipinski definition) is 3. The molecule has 130 valence electrons. The highest BCUT2D eigenvalue weighted by molar-refractivity contribution is 7.57. The van der Waals surface area contributed by atoms with Crippen LogP contribution < -0.4 is 20.7 Å². The summed E-state index contributed by atoms with van der Waals surface area (Å²) in [5, 5.41) is 5.95. The molecule has 0 saturated carbocycles. The van der Waals surface area contributed by atoms with Crippen LogP contribution in [0.5, 0.6) is 5.75 Å². The topological polar surface area (TPSA) is 93.5 Å². The molecule has 0 bridgehead atoms. The van der Waals surface area contributed by atoms with Crippen LogP contribution in [0.3, 0.4) is 0 Å². The van der Waals surface area contributed by atoms with Gasteiger partial charge in [0.15, 0.2) is 5.78 Å². The molecule has 0 saturated heterocycles. The first-order valence-corrected chi connectivity index (χ1v) is 9.86. The Morgan fingerprint density at radius 1 is 1.35 bits per heavy atom. The molecule has 1 rings (SSSR count). The fourth-order valence-corrected chi connectivity index (χ4v) is 3.71. The maximum absolute atomic E-state index is 12.9. The number of carbonyl (C=O) groups excluding carboxylic acids is 1. The van der Waals surface area contributed by atoms with Crippen molar-refractivity contribution in [1.82, 2.24) is 10.4 Å². The molecule has 7 heteroatoms. The number of nitrogens with one attached hydrogen (secondary N) is 2. The van der Waals surface area contributed by atoms with Gasteiger partial charge in [0.25, 0.3) is 0 Å². The van der Waals surface area contributed by atoms with Gasteiger partial charge in [-0.05, 0) is 45.0 Å². The van der Waals surface area contributed by atoms with E-state index in [9.17, 15) is 9.36 Å². The van der Waals surface area contributed by atoms with E-state index in [1.165, 1.54) is 0 Å². The van der Waals surface area contributed by atoms with E-state index in [1.54, 1.807) is 12.1 Å². The average Bonchev–Trinajstić information content (AvgIpc) is 2.56. The van der Waals surface area contributed by atoms with Crippen molar-refractivity contribution in [2.45, 2.75) is 32.7 Å². The van der Waals surface area contributed by atoms with Crippen molar-refractivity contribution in [2.24, 2.45) is 5.73 Å². The van der Waals surface area contributed by atoms with Crippen molar-refractivity contribution in [1.29, 1.82) is 0 Å². The highest BCUT2D eigenvalue weighted by Gasteiger charge is 2.25. The van der Waals surface area contributed by atoms with Gasteiger partial charge in [0.2, 0.25) is 0 Å². The molecule has 1 aromatic rings. The van der Waals surface area contributed by atoms with Gasteiger partial charge in [-0.1, -0.05) is 25.1 Å². The molecule has 23 heavy (non-hydrogen) atoms. The number of para-hydroxylation sites is 1. The molecule has 4 N–H and O–H groups in total. The van der Waals surface area contributed by atoms with Crippen molar-refractivity contribution in [3.8, 4) is 5.75 Å². The summed E-state index contributed by atoms with van der Waals surface area (Å²) in [4.78, 5) is 12.1. The summed E-state index contributed by atoms with van der Waals surface area (Å²) in [6.07, 6.45) is 1.81. The summed E-state index contributed by atoms with van der Waals surface area (Å²) >= 11 is 0. The molecule has 2 atom stereocenters. The van der Waals surface area contributed by atoms with Gasteiger partial charge in [-0.25, -0.2) is 5.09 Å². The summed E-state index contributed by atoms with van der Waals surface area (Å²) in [5.41, 5.74) is 5.51. The minimum atomic E-state index is -3.16. The SMILES string of the molecule is CCCN[C@@H](C)C(=O)CNP(=O)(CCCN)Oc1ccccc1. The summed E-state index contributed by atoms with van der Waals surface area (Å²) in [7, 11) is -3.16. The highest BCUT2D eigenvalue weighted by atomic mass is 31.2. The normalized spacial score (nSPS) is 14.9. The molecule has 1 unspecified atom stereocenters. The van der Waals surface area contributed by atoms with Crippen molar-refractivity contribution in [3.63, 3.8) is 0 Å². The average molecular weight is 341 g/mol. The van der Waals surface area contributed by atoms with Crippen molar-refractivity contribution in [3.05, 3.63) is 30.3 Å². The maximum atomic E-state index is 12.9. The van der Waals surface area contributed by atoms with Crippen LogP contribution in [0.25, 0.3) is 0 Å². The third-order valence-electron chi connectivity index (χ3n) is 3.33. The first-order chi connectivity index (χ1) is 11.0. The second-order valence-electron chi connectivity index (χ2n) is 5.42. The molecule has 1 aromatic carbocycles. The Morgan fingerprint density at radius 3 is 2.65 bits per heavy atom. The molecule has 0 radical (unpaired) electrons. The summed E-state index contributed by atoms with van der Waals surface area (Å²) in [5.74, 6) is 0.480. The number of rotatable bonds is 12. The predicted molar refractivity (Wildman–Crippen MR) is 94.0 cm³/mol. The predicted octanol–water partition coefficient (Wildman–Crippen LogP) is 2.15. The van der Waals surface area contributed by atoms with E-state index in [1.807, 2.05) is 32.0 Å². The van der Waals surface area contributed by atoms with E-state index in [4.69, 9.17) is 10.3 Å². The summed E-state index contributed by atoms with van der Waals surface area (Å²) < 4.78 is 18.6. The molecule has 0 aliphatic heterocycles. The first-order valence-electron chi connectivity index (χ1n) is 8.05. The van der Waals surface area contributed by atoms with Crippen LogP contribution in [0.4, 0.5) is 0 Å². The van der Waals surface area contributed by atoms with E-state index in [2.05, 4.69) is 10.4 Å². The molecule has 0 aromatic heterocycles. The number of ketones is 1. The summed E-state index contributed by atoms with van der Waals surface area (Å²) in [6, 6.07) is 8.68. The third-order valence-corrected chi connectivity index (χ3v) is 5.38. The zero-order valence-corrected chi connectivity index (χ0v) is 14.9. The Hall–Kier alpha value is -1.20. The quantitative estimate of drug-likeness (QED) is 0.505. The van der Waals surface area contributed by atoms with Gasteiger partial charge in [0.05, 0.1) is 18.7 Å². The summed E-state index contributed by atoms with van der Waals surface area (Å²) in [6.45, 7) is 5.05. The number of benzene rings is 1. The lowest BCUT2D eigenvalue weighted by molar-refractivity contribution is -0.119. The van der Waals surface area contributed by atoms with Crippen LogP contribution in [-0.2, 0) is 9.36 Å². The van der Waals surface area contributed by atoms with E-state index in [0.717, 1.165) is 13.0 Å². The smallest absolute Gasteiger partial charge is 0.317 e. The van der Waals surface area contributed by atoms with E-state index >= 15 is 0 Å². The fourth-order valence-electron chi connectivity index (χ4n) is 1.93. The van der Waals surface area contributed by atoms with Crippen molar-refractivity contribution >= 4 is 13.3 Å². The van der Waals surface area contributed by atoms with Gasteiger partial charge in [-0.3, -0.25) is 9.36 Å². The molecule has 0 aliphatic rings. The van der Waals surface area contributed by atoms with Gasteiger partial charge >= 0.3 is 7.52 Å². The monoisotopic (exact) mass is 341 g/mol. The molecule has 0 amide bonds. The minimum absolute atomic E-state index is 0.00651. The Bertz CT molecular complexity index is 511. The Labute approximate surface area is 138 Å². The highest BCUT2D eigenvalue weighted by Crippen LogP contribution is 2.43. The lowest BCUT2D eigenvalue weighted by Crippen LogP contribution is -2.39. The molecule has 0 heterocycles. The second kappa shape index (κ2) is 10.6. The largest absolute Gasteiger partial charge is 0.433 e. The van der Waals surface area contributed by atoms with Crippen LogP contribution in [-0.4, -0.2) is 37.6 Å². The zero-order chi connectivity index (χ0) is 17.1. The Morgan fingerprint density at radius 2 is 2.04 bits per heavy atom. The molecular formula is C16H28N3O3P. The maximum Gasteiger partial charge on any atom is 0.317 e. The van der Waals surface area contributed by atoms with Crippen molar-refractivity contribution < 1.29 is 13.9 Å². The lowest BCUT2D eigenvalue weighted by atomic mass is 10.2. The molecule has 0 fully saturated rings. The fraction of sp³-hybridized carbons (Fsp3) is 0.562. The van der Waals surface area contributed by atoms with E-state index in [-0.39, 0.29) is 18.4 Å². The standard InChI is InChI=1S/C16H28N3O3P/c1-3-11-18-14(2)16(20)13-19-23(21,12-7-10-17)22-15-8-5-4-6-9-15/h4-6,8-9,14,18H,3,7,10-13,17H2,1-2H3,(H,19,21)/t14-,23?/m0/s1. The van der Waals surface area contributed by atoms with Crippen LogP contribution in [0.2, 0.25) is 0 Å². The molecule has 0 spiro atoms. The second-order valence-corrected chi connectivity index (χ2v) is 7.71. The van der Waals surface area contributed by atoms with Gasteiger partial charge in [0.1, 0.15) is 5.75 Å². The number of hydrogen-bond acceptors (Lipinski definition) is 5. The number of carbonyl (C=O) groups is 1. The van der Waals surface area contributed by atoms with E-state index < -0.39 is 7.52 Å². The third kappa shape index (κ3) is 7.75. The lowest BCUT2D eigenvalue weighted by Gasteiger charge is -2.21. The molecule has 0 aliphatic carbocycles. The van der Waals surface area contributed by atoms with Gasteiger partial charge < -0.3 is 15.6 Å². The van der Waals surface area contributed by atoms with Crippen molar-refractivity contribution in [2.75, 3.05) is 25.8 Å². The Balaban J connectivity index is 2.63. The first kappa shape index (κ1) is 19.8. The van der Waals surface area contributed by atoms with Crippen LogP contribution in [0, 0.1) is 0 Å². The van der Waals surface area contributed by atoms with Crippen LogP contribution in [0.1, 0.15) is 26.7 Å². The van der Waals surface area contributed by atoms with Gasteiger partial charge in [-0.2, -0.15) is 0 Å². The Kier molecular flexibility index (Phi) is 9.10. The van der Waals surface area contributed by atoms with E-state index in [0.29, 0.717) is 24.9 Å². The zero-order valence-electron chi connectivity index (χ0n) is 14.0. The number of Topliss-reactive ketones (excluding diaryl/α,β-unsaturated/α-hetero) is 1.